The van der Waals surface area contributed by atoms with Gasteiger partial charge in [-0.3, -0.25) is 19.2 Å². The second-order valence-electron chi connectivity index (χ2n) is 12.9. The van der Waals surface area contributed by atoms with Crippen LogP contribution in [-0.2, 0) is 77.9 Å². The molecule has 17 heteroatoms. The molecule has 0 aromatic heterocycles. The Labute approximate surface area is 331 Å². The van der Waals surface area contributed by atoms with Gasteiger partial charge in [0.25, 0.3) is 0 Å². The third kappa shape index (κ3) is 36.4. The van der Waals surface area contributed by atoms with E-state index in [0.717, 1.165) is 5.56 Å². The summed E-state index contributed by atoms with van der Waals surface area (Å²) in [6, 6.07) is 9.49. The van der Waals surface area contributed by atoms with Crippen molar-refractivity contribution in [3.8, 4) is 0 Å². The Hall–Kier alpha value is -3.26. The van der Waals surface area contributed by atoms with Crippen molar-refractivity contribution in [3.05, 3.63) is 35.9 Å². The van der Waals surface area contributed by atoms with Crippen molar-refractivity contribution in [2.24, 2.45) is 0 Å². The number of rotatable bonds is 38. The first-order chi connectivity index (χ1) is 27.2. The number of esters is 2. The van der Waals surface area contributed by atoms with Crippen molar-refractivity contribution in [1.82, 2.24) is 10.6 Å². The highest BCUT2D eigenvalue weighted by atomic mass is 16.6. The molecule has 0 atom stereocenters. The van der Waals surface area contributed by atoms with Gasteiger partial charge in [0.15, 0.2) is 0 Å². The molecule has 0 heterocycles. The maximum absolute atomic E-state index is 11.9. The molecule has 0 bridgehead atoms. The predicted octanol–water partition coefficient (Wildman–Crippen LogP) is 2.01. The summed E-state index contributed by atoms with van der Waals surface area (Å²) in [4.78, 5) is 47.1. The average Bonchev–Trinajstić information content (AvgIpc) is 3.16. The summed E-state index contributed by atoms with van der Waals surface area (Å²) < 4.78 is 59.1. The lowest BCUT2D eigenvalue weighted by Gasteiger charge is -2.19. The number of hydrogen-bond donors (Lipinski definition) is 2. The first kappa shape index (κ1) is 50.8. The third-order valence-electron chi connectivity index (χ3n) is 6.88. The van der Waals surface area contributed by atoms with Crippen molar-refractivity contribution < 1.29 is 71.3 Å². The van der Waals surface area contributed by atoms with E-state index in [-0.39, 0.29) is 82.5 Å². The standard InChI is InChI=1S/C39H66N2O15/c1-39(2,3)56-38(45)12-18-49-24-30-54-32-26-51-20-14-41-36(43)10-16-47-22-28-52-27-21-46-15-9-35(42)40-13-19-50-25-31-53-29-23-48-17-11-37(44)55-33-34-7-5-4-6-8-34/h4-8H,9-33H2,1-3H3,(H,40,42)(H,41,43). The fourth-order valence-corrected chi connectivity index (χ4v) is 4.17. The quantitative estimate of drug-likeness (QED) is 0.0728. The van der Waals surface area contributed by atoms with E-state index in [1.807, 2.05) is 51.1 Å². The molecule has 1 rings (SSSR count). The molecule has 2 amide bonds. The number of benzene rings is 1. The second kappa shape index (κ2) is 36.1. The Morgan fingerprint density at radius 3 is 1.18 bits per heavy atom. The summed E-state index contributed by atoms with van der Waals surface area (Å²) in [5, 5.41) is 5.53. The fraction of sp³-hybridized carbons (Fsp3) is 0.744. The molecule has 17 nitrogen and oxygen atoms in total. The number of nitrogens with one attached hydrogen (secondary N) is 2. The molecule has 1 aromatic rings. The summed E-state index contributed by atoms with van der Waals surface area (Å²) in [5.74, 6) is -0.854. The summed E-state index contributed by atoms with van der Waals surface area (Å²) in [6.07, 6.45) is 0.854. The van der Waals surface area contributed by atoms with Gasteiger partial charge in [-0.1, -0.05) is 30.3 Å². The number of amides is 2. The largest absolute Gasteiger partial charge is 0.461 e. The maximum Gasteiger partial charge on any atom is 0.308 e. The Morgan fingerprint density at radius 2 is 0.786 bits per heavy atom. The lowest BCUT2D eigenvalue weighted by Crippen LogP contribution is -2.28. The van der Waals surface area contributed by atoms with Crippen LogP contribution in [0.25, 0.3) is 0 Å². The van der Waals surface area contributed by atoms with Crippen LogP contribution >= 0.6 is 0 Å². The van der Waals surface area contributed by atoms with Gasteiger partial charge >= 0.3 is 11.9 Å². The minimum Gasteiger partial charge on any atom is -0.461 e. The highest BCUT2D eigenvalue weighted by molar-refractivity contribution is 5.76. The molecular formula is C39H66N2O15. The van der Waals surface area contributed by atoms with E-state index in [2.05, 4.69) is 10.6 Å². The van der Waals surface area contributed by atoms with Crippen LogP contribution in [0.15, 0.2) is 30.3 Å². The van der Waals surface area contributed by atoms with E-state index in [4.69, 9.17) is 52.1 Å². The van der Waals surface area contributed by atoms with Gasteiger partial charge in [-0.25, -0.2) is 0 Å². The highest BCUT2D eigenvalue weighted by Crippen LogP contribution is 2.08. The Kier molecular flexibility index (Phi) is 32.7. The summed E-state index contributed by atoms with van der Waals surface area (Å²) in [5.41, 5.74) is 0.444. The van der Waals surface area contributed by atoms with Gasteiger partial charge in [0, 0.05) is 25.9 Å². The zero-order valence-electron chi connectivity index (χ0n) is 33.7. The van der Waals surface area contributed by atoms with Gasteiger partial charge in [0.05, 0.1) is 132 Å². The number of hydrogen-bond acceptors (Lipinski definition) is 15. The van der Waals surface area contributed by atoms with Crippen LogP contribution in [0.1, 0.15) is 52.0 Å². The van der Waals surface area contributed by atoms with Crippen molar-refractivity contribution in [1.29, 1.82) is 0 Å². The van der Waals surface area contributed by atoms with Crippen LogP contribution in [0.3, 0.4) is 0 Å². The molecular weight excluding hydrogens is 736 g/mol. The van der Waals surface area contributed by atoms with Crippen molar-refractivity contribution in [3.63, 3.8) is 0 Å². The molecule has 0 aliphatic heterocycles. The summed E-state index contributed by atoms with van der Waals surface area (Å²) in [7, 11) is 0. The van der Waals surface area contributed by atoms with Gasteiger partial charge in [-0.05, 0) is 26.3 Å². The van der Waals surface area contributed by atoms with Gasteiger partial charge in [-0.2, -0.15) is 0 Å². The van der Waals surface area contributed by atoms with E-state index in [0.29, 0.717) is 106 Å². The van der Waals surface area contributed by atoms with Crippen LogP contribution in [0.4, 0.5) is 0 Å². The molecule has 0 aliphatic rings. The van der Waals surface area contributed by atoms with Crippen LogP contribution in [0.2, 0.25) is 0 Å². The maximum atomic E-state index is 11.9. The lowest BCUT2D eigenvalue weighted by atomic mass is 10.2. The molecule has 2 N–H and O–H groups in total. The van der Waals surface area contributed by atoms with E-state index >= 15 is 0 Å². The average molecular weight is 803 g/mol. The minimum absolute atomic E-state index is 0.128. The van der Waals surface area contributed by atoms with E-state index in [1.165, 1.54) is 0 Å². The zero-order valence-corrected chi connectivity index (χ0v) is 33.7. The molecule has 1 aromatic carbocycles. The van der Waals surface area contributed by atoms with Crippen LogP contribution in [-0.4, -0.2) is 161 Å². The van der Waals surface area contributed by atoms with Gasteiger partial charge < -0.3 is 62.7 Å². The topological polar surface area (TPSA) is 194 Å². The molecule has 0 spiro atoms. The molecule has 0 saturated heterocycles. The molecule has 322 valence electrons. The molecule has 0 fully saturated rings. The molecule has 0 saturated carbocycles. The minimum atomic E-state index is -0.498. The van der Waals surface area contributed by atoms with Gasteiger partial charge in [0.2, 0.25) is 11.8 Å². The normalized spacial score (nSPS) is 11.3. The predicted molar refractivity (Wildman–Crippen MR) is 204 cm³/mol. The van der Waals surface area contributed by atoms with Crippen molar-refractivity contribution >= 4 is 23.8 Å². The fourth-order valence-electron chi connectivity index (χ4n) is 4.17. The molecule has 0 aliphatic carbocycles. The monoisotopic (exact) mass is 802 g/mol. The Morgan fingerprint density at radius 1 is 0.446 bits per heavy atom. The number of carbonyl (C=O) groups is 4. The van der Waals surface area contributed by atoms with Gasteiger partial charge in [0.1, 0.15) is 12.2 Å². The Bertz CT molecular complexity index is 1120. The number of carbonyl (C=O) groups excluding carboxylic acids is 4. The van der Waals surface area contributed by atoms with E-state index in [1.54, 1.807) is 0 Å². The smallest absolute Gasteiger partial charge is 0.308 e. The first-order valence-corrected chi connectivity index (χ1v) is 19.3. The third-order valence-corrected chi connectivity index (χ3v) is 6.88. The van der Waals surface area contributed by atoms with Crippen molar-refractivity contribution in [2.75, 3.05) is 132 Å². The van der Waals surface area contributed by atoms with Gasteiger partial charge in [-0.15, -0.1) is 0 Å². The van der Waals surface area contributed by atoms with Crippen molar-refractivity contribution in [2.45, 2.75) is 58.7 Å². The number of ether oxygens (including phenoxy) is 11. The molecule has 56 heavy (non-hydrogen) atoms. The molecule has 0 radical (unpaired) electrons. The highest BCUT2D eigenvalue weighted by Gasteiger charge is 2.15. The van der Waals surface area contributed by atoms with E-state index < -0.39 is 5.60 Å². The zero-order chi connectivity index (χ0) is 40.8. The van der Waals surface area contributed by atoms with E-state index in [9.17, 15) is 19.2 Å². The molecule has 0 unspecified atom stereocenters. The van der Waals surface area contributed by atoms with Crippen LogP contribution in [0.5, 0.6) is 0 Å². The summed E-state index contributed by atoms with van der Waals surface area (Å²) >= 11 is 0. The van der Waals surface area contributed by atoms with Crippen LogP contribution in [0, 0.1) is 0 Å². The SMILES string of the molecule is CC(C)(C)OC(=O)CCOCCOCCOCCNC(=O)CCOCCOCCOCCC(=O)NCCOCCOCCOCCC(=O)OCc1ccccc1. The summed E-state index contributed by atoms with van der Waals surface area (Å²) in [6.45, 7) is 12.9. The van der Waals surface area contributed by atoms with Crippen LogP contribution < -0.4 is 10.6 Å². The second-order valence-corrected chi connectivity index (χ2v) is 12.9. The Balaban J connectivity index is 1.73. The first-order valence-electron chi connectivity index (χ1n) is 19.3. The lowest BCUT2D eigenvalue weighted by molar-refractivity contribution is -0.156.